The first-order valence-electron chi connectivity index (χ1n) is 4.14. The van der Waals surface area contributed by atoms with Crippen molar-refractivity contribution in [3.05, 3.63) is 35.9 Å². The maximum atomic E-state index is 3.24. The molecule has 0 radical (unpaired) electrons. The molecule has 1 aromatic carbocycles. The topological polar surface area (TPSA) is 15.3 Å². The van der Waals surface area contributed by atoms with Crippen LogP contribution in [-0.4, -0.2) is 26.0 Å². The average molecular weight is 164 g/mol. The van der Waals surface area contributed by atoms with E-state index in [1.807, 2.05) is 13.1 Å². The minimum Gasteiger partial charge on any atom is -0.301 e. The third kappa shape index (κ3) is 2.06. The predicted molar refractivity (Wildman–Crippen MR) is 51.9 cm³/mol. The molecule has 66 valence electrons. The van der Waals surface area contributed by atoms with E-state index < -0.39 is 0 Å². The summed E-state index contributed by atoms with van der Waals surface area (Å²) >= 11 is 0. The van der Waals surface area contributed by atoms with E-state index in [2.05, 4.69) is 48.6 Å². The van der Waals surface area contributed by atoms with Gasteiger partial charge in [-0.15, -0.1) is 0 Å². The molecule has 1 aromatic rings. The molecule has 1 N–H and O–H groups in total. The Morgan fingerprint density at radius 1 is 1.17 bits per heavy atom. The van der Waals surface area contributed by atoms with E-state index in [1.165, 1.54) is 5.56 Å². The third-order valence-corrected chi connectivity index (χ3v) is 1.91. The van der Waals surface area contributed by atoms with Crippen LogP contribution in [0.2, 0.25) is 0 Å². The van der Waals surface area contributed by atoms with Gasteiger partial charge in [0.25, 0.3) is 0 Å². The number of nitrogens with zero attached hydrogens (tertiary/aromatic N) is 1. The third-order valence-electron chi connectivity index (χ3n) is 1.91. The van der Waals surface area contributed by atoms with Crippen LogP contribution in [0.5, 0.6) is 0 Å². The van der Waals surface area contributed by atoms with Gasteiger partial charge in [0.1, 0.15) is 0 Å². The lowest BCUT2D eigenvalue weighted by molar-refractivity contribution is 0.264. The fourth-order valence-corrected chi connectivity index (χ4v) is 1.36. The van der Waals surface area contributed by atoms with Crippen molar-refractivity contribution < 1.29 is 0 Å². The first-order valence-corrected chi connectivity index (χ1v) is 4.14. The summed E-state index contributed by atoms with van der Waals surface area (Å²) in [5, 5.41) is 3.24. The Hall–Kier alpha value is -0.860. The first-order chi connectivity index (χ1) is 5.75. The van der Waals surface area contributed by atoms with Crippen LogP contribution in [0.1, 0.15) is 11.7 Å². The second-order valence-corrected chi connectivity index (χ2v) is 3.07. The van der Waals surface area contributed by atoms with Crippen LogP contribution in [0, 0.1) is 0 Å². The normalized spacial score (nSPS) is 13.3. The molecule has 12 heavy (non-hydrogen) atoms. The summed E-state index contributed by atoms with van der Waals surface area (Å²) in [6, 6.07) is 10.4. The fourth-order valence-electron chi connectivity index (χ4n) is 1.36. The van der Waals surface area contributed by atoms with Gasteiger partial charge in [0, 0.05) is 0 Å². The Morgan fingerprint density at radius 2 is 1.75 bits per heavy atom. The highest BCUT2D eigenvalue weighted by Crippen LogP contribution is 2.12. The number of benzene rings is 1. The second-order valence-electron chi connectivity index (χ2n) is 3.07. The van der Waals surface area contributed by atoms with E-state index in [-0.39, 0.29) is 0 Å². The van der Waals surface area contributed by atoms with E-state index in [9.17, 15) is 0 Å². The number of hydrogen-bond acceptors (Lipinski definition) is 2. The quantitative estimate of drug-likeness (QED) is 0.680. The standard InChI is InChI=1S/C10H16N2/c1-11-10(12(2)3)9-7-5-4-6-8-9/h4-8,10-11H,1-3H3. The van der Waals surface area contributed by atoms with Gasteiger partial charge in [-0.2, -0.15) is 0 Å². The monoisotopic (exact) mass is 164 g/mol. The SMILES string of the molecule is CNC(c1ccccc1)N(C)C. The van der Waals surface area contributed by atoms with Gasteiger partial charge in [-0.3, -0.25) is 4.90 Å². The van der Waals surface area contributed by atoms with E-state index >= 15 is 0 Å². The molecule has 1 atom stereocenters. The minimum atomic E-state index is 0.311. The highest BCUT2D eigenvalue weighted by Gasteiger charge is 2.09. The molecule has 2 nitrogen and oxygen atoms in total. The van der Waals surface area contributed by atoms with Gasteiger partial charge >= 0.3 is 0 Å². The lowest BCUT2D eigenvalue weighted by Crippen LogP contribution is -2.30. The van der Waals surface area contributed by atoms with Crippen molar-refractivity contribution in [3.8, 4) is 0 Å². The summed E-state index contributed by atoms with van der Waals surface area (Å²) in [4.78, 5) is 2.15. The number of nitrogens with one attached hydrogen (secondary N) is 1. The van der Waals surface area contributed by atoms with Gasteiger partial charge in [-0.05, 0) is 26.7 Å². The van der Waals surface area contributed by atoms with E-state index in [4.69, 9.17) is 0 Å². The maximum absolute atomic E-state index is 3.24. The van der Waals surface area contributed by atoms with Crippen molar-refractivity contribution in [3.63, 3.8) is 0 Å². The highest BCUT2D eigenvalue weighted by molar-refractivity contribution is 5.17. The largest absolute Gasteiger partial charge is 0.301 e. The lowest BCUT2D eigenvalue weighted by atomic mass is 10.1. The van der Waals surface area contributed by atoms with E-state index in [0.29, 0.717) is 6.17 Å². The zero-order chi connectivity index (χ0) is 8.97. The van der Waals surface area contributed by atoms with Gasteiger partial charge in [0.2, 0.25) is 0 Å². The second kappa shape index (κ2) is 4.24. The van der Waals surface area contributed by atoms with Crippen molar-refractivity contribution in [2.45, 2.75) is 6.17 Å². The smallest absolute Gasteiger partial charge is 0.0853 e. The summed E-state index contributed by atoms with van der Waals surface area (Å²) in [7, 11) is 6.10. The van der Waals surface area contributed by atoms with Gasteiger partial charge in [0.05, 0.1) is 6.17 Å². The van der Waals surface area contributed by atoms with Crippen LogP contribution in [0.25, 0.3) is 0 Å². The Morgan fingerprint density at radius 3 is 2.17 bits per heavy atom. The molecule has 0 aliphatic rings. The molecule has 0 bridgehead atoms. The fraction of sp³-hybridized carbons (Fsp3) is 0.400. The molecular formula is C10H16N2. The molecule has 0 amide bonds. The first kappa shape index (κ1) is 9.23. The molecule has 1 rings (SSSR count). The number of rotatable bonds is 3. The van der Waals surface area contributed by atoms with Crippen molar-refractivity contribution in [2.75, 3.05) is 21.1 Å². The molecule has 0 aliphatic carbocycles. The molecule has 1 unspecified atom stereocenters. The van der Waals surface area contributed by atoms with Gasteiger partial charge in [-0.1, -0.05) is 30.3 Å². The molecule has 2 heteroatoms. The summed E-state index contributed by atoms with van der Waals surface area (Å²) in [6.07, 6.45) is 0.311. The van der Waals surface area contributed by atoms with Crippen molar-refractivity contribution in [1.82, 2.24) is 10.2 Å². The summed E-state index contributed by atoms with van der Waals surface area (Å²) < 4.78 is 0. The molecular weight excluding hydrogens is 148 g/mol. The molecule has 0 fully saturated rings. The summed E-state index contributed by atoms with van der Waals surface area (Å²) in [5.41, 5.74) is 1.30. The van der Waals surface area contributed by atoms with E-state index in [1.54, 1.807) is 0 Å². The molecule has 0 aromatic heterocycles. The van der Waals surface area contributed by atoms with E-state index in [0.717, 1.165) is 0 Å². The molecule has 0 saturated heterocycles. The van der Waals surface area contributed by atoms with Crippen LogP contribution >= 0.6 is 0 Å². The Kier molecular flexibility index (Phi) is 3.26. The van der Waals surface area contributed by atoms with Crippen LogP contribution < -0.4 is 5.32 Å². The van der Waals surface area contributed by atoms with Gasteiger partial charge in [0.15, 0.2) is 0 Å². The number of hydrogen-bond donors (Lipinski definition) is 1. The average Bonchev–Trinajstić information content (AvgIpc) is 2.07. The Labute approximate surface area is 74.2 Å². The van der Waals surface area contributed by atoms with Gasteiger partial charge < -0.3 is 5.32 Å². The van der Waals surface area contributed by atoms with Crippen molar-refractivity contribution in [1.29, 1.82) is 0 Å². The Balaban J connectivity index is 2.80. The van der Waals surface area contributed by atoms with Crippen LogP contribution in [0.4, 0.5) is 0 Å². The van der Waals surface area contributed by atoms with Crippen LogP contribution in [0.3, 0.4) is 0 Å². The molecule has 0 saturated carbocycles. The predicted octanol–water partition coefficient (Wildman–Crippen LogP) is 1.47. The van der Waals surface area contributed by atoms with Crippen LogP contribution in [-0.2, 0) is 0 Å². The zero-order valence-corrected chi connectivity index (χ0v) is 7.91. The minimum absolute atomic E-state index is 0.311. The summed E-state index contributed by atoms with van der Waals surface area (Å²) in [5.74, 6) is 0. The van der Waals surface area contributed by atoms with Crippen molar-refractivity contribution in [2.24, 2.45) is 0 Å². The molecule has 0 aliphatic heterocycles. The van der Waals surface area contributed by atoms with Gasteiger partial charge in [-0.25, -0.2) is 0 Å². The van der Waals surface area contributed by atoms with Crippen LogP contribution in [0.15, 0.2) is 30.3 Å². The Bertz CT molecular complexity index is 219. The summed E-state index contributed by atoms with van der Waals surface area (Å²) in [6.45, 7) is 0. The maximum Gasteiger partial charge on any atom is 0.0853 e. The molecule has 0 heterocycles. The zero-order valence-electron chi connectivity index (χ0n) is 7.91. The van der Waals surface area contributed by atoms with Crippen molar-refractivity contribution >= 4 is 0 Å². The highest BCUT2D eigenvalue weighted by atomic mass is 15.2. The molecule has 0 spiro atoms. The lowest BCUT2D eigenvalue weighted by Gasteiger charge is -2.23.